The summed E-state index contributed by atoms with van der Waals surface area (Å²) in [5.41, 5.74) is 1.01. The Bertz CT molecular complexity index is 995. The molecule has 146 valence electrons. The molecule has 0 atom stereocenters. The Kier molecular flexibility index (Phi) is 5.83. The first-order valence-electron chi connectivity index (χ1n) is 8.89. The summed E-state index contributed by atoms with van der Waals surface area (Å²) in [6.07, 6.45) is 6.49. The second-order valence-electron chi connectivity index (χ2n) is 6.14. The highest BCUT2D eigenvalue weighted by Gasteiger charge is 2.16. The molecule has 2 aromatic heterocycles. The fourth-order valence-electron chi connectivity index (χ4n) is 2.44. The molecule has 0 spiro atoms. The van der Waals surface area contributed by atoms with Gasteiger partial charge in [-0.2, -0.15) is 5.10 Å². The molecule has 0 bridgehead atoms. The van der Waals surface area contributed by atoms with Gasteiger partial charge in [0.05, 0.1) is 41.8 Å². The molecule has 9 heteroatoms. The van der Waals surface area contributed by atoms with Crippen molar-refractivity contribution < 1.29 is 14.3 Å². The summed E-state index contributed by atoms with van der Waals surface area (Å²) < 4.78 is 12.8. The van der Waals surface area contributed by atoms with Crippen molar-refractivity contribution in [3.05, 3.63) is 36.3 Å². The Morgan fingerprint density at radius 1 is 1.25 bits per heavy atom. The third kappa shape index (κ3) is 4.43. The summed E-state index contributed by atoms with van der Waals surface area (Å²) in [6, 6.07) is 3.32. The number of rotatable bonds is 7. The van der Waals surface area contributed by atoms with E-state index in [0.29, 0.717) is 29.2 Å². The molecule has 0 aliphatic rings. The fourth-order valence-corrected chi connectivity index (χ4v) is 2.44. The molecule has 3 rings (SSSR count). The Morgan fingerprint density at radius 2 is 2.07 bits per heavy atom. The van der Waals surface area contributed by atoms with E-state index in [4.69, 9.17) is 9.47 Å². The van der Waals surface area contributed by atoms with Crippen molar-refractivity contribution in [2.24, 2.45) is 4.99 Å². The maximum absolute atomic E-state index is 12.2. The van der Waals surface area contributed by atoms with Crippen LogP contribution in [-0.4, -0.2) is 57.7 Å². The quantitative estimate of drug-likeness (QED) is 0.352. The van der Waals surface area contributed by atoms with Crippen molar-refractivity contribution in [1.82, 2.24) is 24.6 Å². The molecule has 2 heterocycles. The van der Waals surface area contributed by atoms with Crippen molar-refractivity contribution in [1.29, 1.82) is 0 Å². The number of esters is 1. The van der Waals surface area contributed by atoms with E-state index in [0.717, 1.165) is 5.39 Å². The summed E-state index contributed by atoms with van der Waals surface area (Å²) in [5.74, 6) is 0.777. The molecule has 0 fully saturated rings. The fraction of sp³-hybridized carbons (Fsp3) is 0.316. The molecule has 1 aromatic carbocycles. The number of benzene rings is 1. The predicted molar refractivity (Wildman–Crippen MR) is 105 cm³/mol. The van der Waals surface area contributed by atoms with Gasteiger partial charge in [0.2, 0.25) is 5.88 Å². The number of ether oxygens (including phenoxy) is 2. The number of aromatic nitrogens is 4. The Morgan fingerprint density at radius 3 is 2.71 bits per heavy atom. The van der Waals surface area contributed by atoms with Crippen molar-refractivity contribution >= 4 is 29.0 Å². The third-order valence-electron chi connectivity index (χ3n) is 3.72. The molecular formula is C19H22N6O3. The van der Waals surface area contributed by atoms with Gasteiger partial charge in [-0.15, -0.1) is 0 Å². The van der Waals surface area contributed by atoms with Crippen LogP contribution in [-0.2, 0) is 11.3 Å². The van der Waals surface area contributed by atoms with Gasteiger partial charge in [0.15, 0.2) is 5.82 Å². The van der Waals surface area contributed by atoms with Gasteiger partial charge in [0.1, 0.15) is 5.75 Å². The Balaban J connectivity index is 1.94. The number of hydrogen-bond acceptors (Lipinski definition) is 7. The van der Waals surface area contributed by atoms with Gasteiger partial charge in [-0.3, -0.25) is 4.68 Å². The van der Waals surface area contributed by atoms with E-state index in [9.17, 15) is 4.79 Å². The van der Waals surface area contributed by atoms with Gasteiger partial charge in [0, 0.05) is 26.8 Å². The molecule has 3 aromatic rings. The second-order valence-corrected chi connectivity index (χ2v) is 6.14. The first-order chi connectivity index (χ1) is 13.5. The lowest BCUT2D eigenvalue weighted by atomic mass is 10.1. The summed E-state index contributed by atoms with van der Waals surface area (Å²) in [7, 11) is 3.74. The lowest BCUT2D eigenvalue weighted by Gasteiger charge is -2.08. The van der Waals surface area contributed by atoms with E-state index in [2.05, 4.69) is 20.1 Å². The highest BCUT2D eigenvalue weighted by molar-refractivity contribution is 5.97. The van der Waals surface area contributed by atoms with Crippen molar-refractivity contribution in [3.8, 4) is 11.6 Å². The van der Waals surface area contributed by atoms with Gasteiger partial charge in [0.25, 0.3) is 0 Å². The van der Waals surface area contributed by atoms with Crippen LogP contribution in [0.5, 0.6) is 11.6 Å². The predicted octanol–water partition coefficient (Wildman–Crippen LogP) is 3.04. The first-order valence-corrected chi connectivity index (χ1v) is 8.89. The van der Waals surface area contributed by atoms with Crippen molar-refractivity contribution in [2.75, 3.05) is 20.7 Å². The minimum absolute atomic E-state index is 0.287. The SMILES string of the molecule is CCOC(=O)c1cc(Oc2cnc(/N=C/N(C)C)cn2)c2cn(CC)nc2c1. The van der Waals surface area contributed by atoms with E-state index in [1.54, 1.807) is 35.0 Å². The maximum Gasteiger partial charge on any atom is 0.338 e. The smallest absolute Gasteiger partial charge is 0.338 e. The number of aliphatic imine (C=N–C) groups is 1. The van der Waals surface area contributed by atoms with E-state index in [1.807, 2.05) is 27.2 Å². The zero-order chi connectivity index (χ0) is 20.1. The summed E-state index contributed by atoms with van der Waals surface area (Å²) in [6.45, 7) is 4.73. The Labute approximate surface area is 162 Å². The van der Waals surface area contributed by atoms with Crippen molar-refractivity contribution in [3.63, 3.8) is 0 Å². The van der Waals surface area contributed by atoms with Crippen LogP contribution in [0.1, 0.15) is 24.2 Å². The minimum Gasteiger partial charge on any atom is -0.462 e. The average Bonchev–Trinajstić information content (AvgIpc) is 3.11. The van der Waals surface area contributed by atoms with Gasteiger partial charge in [-0.25, -0.2) is 19.8 Å². The summed E-state index contributed by atoms with van der Waals surface area (Å²) >= 11 is 0. The third-order valence-corrected chi connectivity index (χ3v) is 3.72. The zero-order valence-corrected chi connectivity index (χ0v) is 16.3. The molecule has 0 amide bonds. The largest absolute Gasteiger partial charge is 0.462 e. The van der Waals surface area contributed by atoms with Crippen LogP contribution in [0.3, 0.4) is 0 Å². The molecule has 0 unspecified atom stereocenters. The van der Waals surface area contributed by atoms with Crippen LogP contribution in [0, 0.1) is 0 Å². The zero-order valence-electron chi connectivity index (χ0n) is 16.3. The van der Waals surface area contributed by atoms with E-state index in [1.165, 1.54) is 12.4 Å². The standard InChI is InChI=1S/C19H22N6O3/c1-5-25-11-14-15(23-25)7-13(19(26)27-6-2)8-16(14)28-18-10-20-17(9-21-18)22-12-24(3)4/h7-12H,5-6H2,1-4H3/b22-12+. The number of fused-ring (bicyclic) bond motifs is 1. The lowest BCUT2D eigenvalue weighted by molar-refractivity contribution is 0.0526. The average molecular weight is 382 g/mol. The van der Waals surface area contributed by atoms with Crippen LogP contribution < -0.4 is 4.74 Å². The second kappa shape index (κ2) is 8.47. The van der Waals surface area contributed by atoms with Gasteiger partial charge in [-0.1, -0.05) is 0 Å². The van der Waals surface area contributed by atoms with Crippen LogP contribution >= 0.6 is 0 Å². The molecule has 0 aliphatic carbocycles. The lowest BCUT2D eigenvalue weighted by Crippen LogP contribution is -2.07. The van der Waals surface area contributed by atoms with Crippen LogP contribution in [0.25, 0.3) is 10.9 Å². The van der Waals surface area contributed by atoms with E-state index in [-0.39, 0.29) is 12.5 Å². The first kappa shape index (κ1) is 19.3. The van der Waals surface area contributed by atoms with Crippen LogP contribution in [0.4, 0.5) is 5.82 Å². The molecule has 0 radical (unpaired) electrons. The normalized spacial score (nSPS) is 11.1. The molecule has 0 aliphatic heterocycles. The highest BCUT2D eigenvalue weighted by Crippen LogP contribution is 2.31. The molecule has 9 nitrogen and oxygen atoms in total. The number of aryl methyl sites for hydroxylation is 1. The van der Waals surface area contributed by atoms with Crippen LogP contribution in [0.15, 0.2) is 35.7 Å². The van der Waals surface area contributed by atoms with Crippen molar-refractivity contribution in [2.45, 2.75) is 20.4 Å². The van der Waals surface area contributed by atoms with Gasteiger partial charge in [-0.05, 0) is 26.0 Å². The highest BCUT2D eigenvalue weighted by atomic mass is 16.5. The van der Waals surface area contributed by atoms with E-state index >= 15 is 0 Å². The number of nitrogens with zero attached hydrogens (tertiary/aromatic N) is 6. The molecule has 0 saturated carbocycles. The molecule has 0 saturated heterocycles. The topological polar surface area (TPSA) is 94.7 Å². The monoisotopic (exact) mass is 382 g/mol. The number of carbonyl (C=O) groups is 1. The number of carbonyl (C=O) groups excluding carboxylic acids is 1. The van der Waals surface area contributed by atoms with Crippen LogP contribution in [0.2, 0.25) is 0 Å². The summed E-state index contributed by atoms with van der Waals surface area (Å²) in [5, 5.41) is 5.23. The molecule has 0 N–H and O–H groups in total. The maximum atomic E-state index is 12.2. The summed E-state index contributed by atoms with van der Waals surface area (Å²) in [4.78, 5) is 26.6. The Hall–Kier alpha value is -3.49. The van der Waals surface area contributed by atoms with E-state index < -0.39 is 5.97 Å². The molecular weight excluding hydrogens is 360 g/mol. The van der Waals surface area contributed by atoms with Gasteiger partial charge < -0.3 is 14.4 Å². The number of hydrogen-bond donors (Lipinski definition) is 0. The minimum atomic E-state index is -0.431. The van der Waals surface area contributed by atoms with Gasteiger partial charge >= 0.3 is 5.97 Å². The molecule has 28 heavy (non-hydrogen) atoms.